The molecule has 1 N–H and O–H groups in total. The molecular formula is C11H17N5S. The lowest BCUT2D eigenvalue weighted by Gasteiger charge is -2.18. The van der Waals surface area contributed by atoms with E-state index in [1.807, 2.05) is 24.8 Å². The lowest BCUT2D eigenvalue weighted by Crippen LogP contribution is -2.21. The molecule has 0 aliphatic rings. The highest BCUT2D eigenvalue weighted by Crippen LogP contribution is 2.23. The van der Waals surface area contributed by atoms with Crippen LogP contribution in [0.2, 0.25) is 0 Å². The molecule has 92 valence electrons. The van der Waals surface area contributed by atoms with Gasteiger partial charge in [-0.25, -0.2) is 4.98 Å². The summed E-state index contributed by atoms with van der Waals surface area (Å²) in [5, 5.41) is 8.21. The normalized spacial score (nSPS) is 13.2. The lowest BCUT2D eigenvalue weighted by molar-refractivity contribution is 0.401. The summed E-state index contributed by atoms with van der Waals surface area (Å²) in [5.74, 6) is 0. The minimum absolute atomic E-state index is 0.403. The third-order valence-electron chi connectivity index (χ3n) is 2.59. The van der Waals surface area contributed by atoms with Gasteiger partial charge in [-0.15, -0.1) is 0 Å². The van der Waals surface area contributed by atoms with Crippen molar-refractivity contribution in [3.05, 3.63) is 30.4 Å². The van der Waals surface area contributed by atoms with Gasteiger partial charge in [0.05, 0.1) is 18.1 Å². The van der Waals surface area contributed by atoms with Crippen LogP contribution in [0.15, 0.2) is 29.9 Å². The monoisotopic (exact) mass is 251 g/mol. The fourth-order valence-corrected chi connectivity index (χ4v) is 2.25. The zero-order chi connectivity index (χ0) is 12.3. The van der Waals surface area contributed by atoms with Gasteiger partial charge in [0.25, 0.3) is 0 Å². The van der Waals surface area contributed by atoms with Crippen LogP contribution >= 0.6 is 11.8 Å². The first-order valence-corrected chi connectivity index (χ1v) is 6.36. The summed E-state index contributed by atoms with van der Waals surface area (Å²) in [4.78, 5) is 6.56. The minimum atomic E-state index is 0.403. The van der Waals surface area contributed by atoms with Gasteiger partial charge < -0.3 is 4.57 Å². The zero-order valence-corrected chi connectivity index (χ0v) is 11.1. The highest BCUT2D eigenvalue weighted by molar-refractivity contribution is 7.99. The second-order valence-corrected chi connectivity index (χ2v) is 5.41. The zero-order valence-electron chi connectivity index (χ0n) is 10.3. The lowest BCUT2D eigenvalue weighted by atomic mass is 10.4. The van der Waals surface area contributed by atoms with E-state index in [2.05, 4.69) is 45.7 Å². The van der Waals surface area contributed by atoms with E-state index in [0.717, 1.165) is 17.3 Å². The molecular weight excluding hydrogens is 234 g/mol. The molecule has 1 unspecified atom stereocenters. The van der Waals surface area contributed by atoms with Gasteiger partial charge in [0.1, 0.15) is 0 Å². The summed E-state index contributed by atoms with van der Waals surface area (Å²) in [6.45, 7) is 2.97. The summed E-state index contributed by atoms with van der Waals surface area (Å²) < 4.78 is 2.13. The van der Waals surface area contributed by atoms with Crippen molar-refractivity contribution in [3.63, 3.8) is 0 Å². The van der Waals surface area contributed by atoms with E-state index in [9.17, 15) is 0 Å². The van der Waals surface area contributed by atoms with Gasteiger partial charge in [-0.05, 0) is 21.0 Å². The summed E-state index contributed by atoms with van der Waals surface area (Å²) in [6.07, 6.45) is 7.58. The summed E-state index contributed by atoms with van der Waals surface area (Å²) in [6, 6.07) is 0. The first kappa shape index (κ1) is 12.2. The quantitative estimate of drug-likeness (QED) is 0.648. The third kappa shape index (κ3) is 3.10. The standard InChI is InChI=1S/C11H17N5S/c1-9(15(2)3)17-11-12-4-5-16(11)8-10-6-13-14-7-10/h4-7,9H,8H2,1-3H3,(H,13,14). The Balaban J connectivity index is 2.06. The Labute approximate surface area is 105 Å². The topological polar surface area (TPSA) is 49.7 Å². The van der Waals surface area contributed by atoms with Crippen molar-refractivity contribution in [2.75, 3.05) is 14.1 Å². The van der Waals surface area contributed by atoms with E-state index in [0.29, 0.717) is 5.37 Å². The van der Waals surface area contributed by atoms with E-state index >= 15 is 0 Å². The SMILES string of the molecule is CC(Sc1nccn1Cc1cn[nH]c1)N(C)C. The predicted molar refractivity (Wildman–Crippen MR) is 68.9 cm³/mol. The third-order valence-corrected chi connectivity index (χ3v) is 3.90. The fourth-order valence-electron chi connectivity index (χ4n) is 1.35. The fraction of sp³-hybridized carbons (Fsp3) is 0.455. The van der Waals surface area contributed by atoms with E-state index in [1.54, 1.807) is 11.8 Å². The summed E-state index contributed by atoms with van der Waals surface area (Å²) in [7, 11) is 4.14. The number of aromatic nitrogens is 4. The Morgan fingerprint density at radius 2 is 2.35 bits per heavy atom. The molecule has 0 spiro atoms. The molecule has 0 aromatic carbocycles. The first-order valence-electron chi connectivity index (χ1n) is 5.48. The summed E-state index contributed by atoms with van der Waals surface area (Å²) in [5.41, 5.74) is 1.15. The molecule has 0 amide bonds. The van der Waals surface area contributed by atoms with Gasteiger partial charge in [0, 0.05) is 24.2 Å². The van der Waals surface area contributed by atoms with Crippen LogP contribution < -0.4 is 0 Å². The number of hydrogen-bond donors (Lipinski definition) is 1. The van der Waals surface area contributed by atoms with Crippen LogP contribution in [0.1, 0.15) is 12.5 Å². The highest BCUT2D eigenvalue weighted by atomic mass is 32.2. The average molecular weight is 251 g/mol. The van der Waals surface area contributed by atoms with Crippen molar-refractivity contribution in [1.82, 2.24) is 24.6 Å². The van der Waals surface area contributed by atoms with E-state index < -0.39 is 0 Å². The molecule has 2 heterocycles. The van der Waals surface area contributed by atoms with Crippen molar-refractivity contribution in [2.45, 2.75) is 24.0 Å². The van der Waals surface area contributed by atoms with Crippen LogP contribution in [0.4, 0.5) is 0 Å². The number of nitrogens with one attached hydrogen (secondary N) is 1. The molecule has 17 heavy (non-hydrogen) atoms. The maximum Gasteiger partial charge on any atom is 0.169 e. The Morgan fingerprint density at radius 3 is 3.00 bits per heavy atom. The predicted octanol–water partition coefficient (Wildman–Crippen LogP) is 1.65. The maximum atomic E-state index is 4.39. The van der Waals surface area contributed by atoms with Crippen molar-refractivity contribution in [1.29, 1.82) is 0 Å². The average Bonchev–Trinajstić information content (AvgIpc) is 2.91. The highest BCUT2D eigenvalue weighted by Gasteiger charge is 2.11. The van der Waals surface area contributed by atoms with Crippen molar-refractivity contribution < 1.29 is 0 Å². The molecule has 0 fully saturated rings. The number of rotatable bonds is 5. The number of aromatic amines is 1. The smallest absolute Gasteiger partial charge is 0.169 e. The second kappa shape index (κ2) is 5.37. The van der Waals surface area contributed by atoms with Gasteiger partial charge in [0.2, 0.25) is 0 Å². The van der Waals surface area contributed by atoms with Gasteiger partial charge >= 0.3 is 0 Å². The van der Waals surface area contributed by atoms with Crippen LogP contribution in [0.5, 0.6) is 0 Å². The number of imidazole rings is 1. The number of H-pyrrole nitrogens is 1. The Morgan fingerprint density at radius 1 is 1.53 bits per heavy atom. The van der Waals surface area contributed by atoms with Gasteiger partial charge in [-0.3, -0.25) is 10.00 Å². The van der Waals surface area contributed by atoms with Crippen molar-refractivity contribution >= 4 is 11.8 Å². The number of hydrogen-bond acceptors (Lipinski definition) is 4. The molecule has 0 aliphatic heterocycles. The maximum absolute atomic E-state index is 4.39. The van der Waals surface area contributed by atoms with Crippen LogP contribution in [0.3, 0.4) is 0 Å². The molecule has 2 rings (SSSR count). The number of thioether (sulfide) groups is 1. The molecule has 5 nitrogen and oxygen atoms in total. The molecule has 2 aromatic rings. The summed E-state index contributed by atoms with van der Waals surface area (Å²) >= 11 is 1.75. The van der Waals surface area contributed by atoms with E-state index in [-0.39, 0.29) is 0 Å². The van der Waals surface area contributed by atoms with Crippen molar-refractivity contribution in [3.8, 4) is 0 Å². The molecule has 0 aliphatic carbocycles. The van der Waals surface area contributed by atoms with Crippen LogP contribution in [-0.4, -0.2) is 44.1 Å². The van der Waals surface area contributed by atoms with Gasteiger partial charge in [0.15, 0.2) is 5.16 Å². The van der Waals surface area contributed by atoms with Crippen molar-refractivity contribution in [2.24, 2.45) is 0 Å². The number of nitrogens with zero attached hydrogens (tertiary/aromatic N) is 4. The molecule has 0 saturated heterocycles. The largest absolute Gasteiger partial charge is 0.321 e. The minimum Gasteiger partial charge on any atom is -0.321 e. The molecule has 0 radical (unpaired) electrons. The Bertz CT molecular complexity index is 448. The Hall–Kier alpha value is -1.27. The molecule has 0 saturated carbocycles. The van der Waals surface area contributed by atoms with Crippen LogP contribution in [-0.2, 0) is 6.54 Å². The molecule has 6 heteroatoms. The second-order valence-electron chi connectivity index (χ2n) is 4.13. The van der Waals surface area contributed by atoms with Crippen LogP contribution in [0, 0.1) is 0 Å². The van der Waals surface area contributed by atoms with Crippen LogP contribution in [0.25, 0.3) is 0 Å². The van der Waals surface area contributed by atoms with E-state index in [4.69, 9.17) is 0 Å². The molecule has 0 bridgehead atoms. The Kier molecular flexibility index (Phi) is 3.86. The first-order chi connectivity index (χ1) is 8.16. The molecule has 1 atom stereocenters. The van der Waals surface area contributed by atoms with Gasteiger partial charge in [-0.1, -0.05) is 11.8 Å². The van der Waals surface area contributed by atoms with E-state index in [1.165, 1.54) is 0 Å². The van der Waals surface area contributed by atoms with Gasteiger partial charge in [-0.2, -0.15) is 5.10 Å². The molecule has 2 aromatic heterocycles.